The topological polar surface area (TPSA) is 40.1 Å². The van der Waals surface area contributed by atoms with Crippen LogP contribution in [0.3, 0.4) is 0 Å². The maximum absolute atomic E-state index is 5.45. The zero-order valence-corrected chi connectivity index (χ0v) is 18.8. The van der Waals surface area contributed by atoms with Gasteiger partial charge in [-0.2, -0.15) is 0 Å². The number of guanidine groups is 1. The molecule has 2 heterocycles. The second-order valence-corrected chi connectivity index (χ2v) is 7.48. The summed E-state index contributed by atoms with van der Waals surface area (Å²) < 4.78 is 5.45. The lowest BCUT2D eigenvalue weighted by molar-refractivity contribution is 0.0625. The number of piperidine rings is 1. The van der Waals surface area contributed by atoms with E-state index < -0.39 is 0 Å². The molecule has 0 unspecified atom stereocenters. The Labute approximate surface area is 172 Å². The van der Waals surface area contributed by atoms with Gasteiger partial charge in [0.2, 0.25) is 0 Å². The molecule has 0 atom stereocenters. The first-order valence-corrected chi connectivity index (χ1v) is 9.94. The van der Waals surface area contributed by atoms with Crippen LogP contribution in [-0.2, 0) is 4.74 Å². The Morgan fingerprint density at radius 1 is 1.16 bits per heavy atom. The Bertz CT molecular complexity index is 366. The van der Waals surface area contributed by atoms with Crippen LogP contribution in [0.25, 0.3) is 0 Å². The second-order valence-electron chi connectivity index (χ2n) is 7.48. The molecule has 148 valence electrons. The molecule has 0 aromatic rings. The van der Waals surface area contributed by atoms with Crippen LogP contribution in [0.1, 0.15) is 45.4 Å². The van der Waals surface area contributed by atoms with E-state index in [1.54, 1.807) is 0 Å². The summed E-state index contributed by atoms with van der Waals surface area (Å²) in [6.45, 7) is 10.1. The van der Waals surface area contributed by atoms with Crippen molar-refractivity contribution in [3.63, 3.8) is 0 Å². The van der Waals surface area contributed by atoms with Crippen LogP contribution in [0.2, 0.25) is 0 Å². The Morgan fingerprint density at radius 3 is 2.44 bits per heavy atom. The van der Waals surface area contributed by atoms with Crippen LogP contribution in [0, 0.1) is 11.8 Å². The standard InChI is InChI=1S/C19H38N4O.HI/c1-4-10-23-12-6-18(7-13-23)16-21-19(20-2)22(3)11-5-17-8-14-24-15-9-17;/h17-18H,4-16H2,1-3H3,(H,20,21);1H. The van der Waals surface area contributed by atoms with E-state index in [0.717, 1.165) is 44.1 Å². The Morgan fingerprint density at radius 2 is 1.84 bits per heavy atom. The minimum absolute atomic E-state index is 0. The summed E-state index contributed by atoms with van der Waals surface area (Å²) in [4.78, 5) is 9.37. The molecule has 0 radical (unpaired) electrons. The van der Waals surface area contributed by atoms with E-state index in [9.17, 15) is 0 Å². The summed E-state index contributed by atoms with van der Waals surface area (Å²) in [5.74, 6) is 2.67. The van der Waals surface area contributed by atoms with Crippen molar-refractivity contribution >= 4 is 29.9 Å². The second kappa shape index (κ2) is 13.1. The summed E-state index contributed by atoms with van der Waals surface area (Å²) >= 11 is 0. The van der Waals surface area contributed by atoms with Crippen molar-refractivity contribution in [2.75, 3.05) is 60.0 Å². The van der Waals surface area contributed by atoms with Gasteiger partial charge in [-0.05, 0) is 70.0 Å². The van der Waals surface area contributed by atoms with Crippen molar-refractivity contribution in [1.82, 2.24) is 15.1 Å². The number of aliphatic imine (C=N–C) groups is 1. The monoisotopic (exact) mass is 466 g/mol. The maximum atomic E-state index is 5.45. The van der Waals surface area contributed by atoms with Gasteiger partial charge in [0.1, 0.15) is 0 Å². The van der Waals surface area contributed by atoms with Crippen molar-refractivity contribution in [3.05, 3.63) is 0 Å². The van der Waals surface area contributed by atoms with Gasteiger partial charge in [-0.25, -0.2) is 0 Å². The molecule has 5 nitrogen and oxygen atoms in total. The van der Waals surface area contributed by atoms with Crippen LogP contribution in [0.5, 0.6) is 0 Å². The molecule has 0 spiro atoms. The molecule has 2 aliphatic heterocycles. The molecule has 6 heteroatoms. The summed E-state index contributed by atoms with van der Waals surface area (Å²) in [6.07, 6.45) is 7.58. The van der Waals surface area contributed by atoms with Gasteiger partial charge >= 0.3 is 0 Å². The summed E-state index contributed by atoms with van der Waals surface area (Å²) in [5, 5.41) is 3.61. The fourth-order valence-electron chi connectivity index (χ4n) is 3.87. The van der Waals surface area contributed by atoms with Crippen LogP contribution in [-0.4, -0.2) is 75.8 Å². The Kier molecular flexibility index (Phi) is 12.1. The predicted molar refractivity (Wildman–Crippen MR) is 117 cm³/mol. The number of hydrogen-bond acceptors (Lipinski definition) is 3. The fourth-order valence-corrected chi connectivity index (χ4v) is 3.87. The van der Waals surface area contributed by atoms with Crippen molar-refractivity contribution in [1.29, 1.82) is 0 Å². The predicted octanol–water partition coefficient (Wildman–Crippen LogP) is 3.05. The molecule has 2 saturated heterocycles. The van der Waals surface area contributed by atoms with E-state index in [0.29, 0.717) is 0 Å². The number of nitrogens with zero attached hydrogens (tertiary/aromatic N) is 3. The van der Waals surface area contributed by atoms with Crippen molar-refractivity contribution in [2.45, 2.75) is 45.4 Å². The van der Waals surface area contributed by atoms with Crippen LogP contribution < -0.4 is 5.32 Å². The van der Waals surface area contributed by atoms with Crippen LogP contribution >= 0.6 is 24.0 Å². The SMILES string of the molecule is CCCN1CCC(CNC(=NC)N(C)CCC2CCOCC2)CC1.I. The summed E-state index contributed by atoms with van der Waals surface area (Å²) in [7, 11) is 4.07. The molecule has 25 heavy (non-hydrogen) atoms. The fraction of sp³-hybridized carbons (Fsp3) is 0.947. The van der Waals surface area contributed by atoms with Gasteiger partial charge in [0.05, 0.1) is 0 Å². The molecule has 2 aliphatic rings. The first-order chi connectivity index (χ1) is 11.7. The zero-order valence-electron chi connectivity index (χ0n) is 16.5. The highest BCUT2D eigenvalue weighted by Gasteiger charge is 2.20. The molecule has 0 amide bonds. The molecule has 0 bridgehead atoms. The average molecular weight is 466 g/mol. The first kappa shape index (κ1) is 23.0. The number of likely N-dealkylation sites (tertiary alicyclic amines) is 1. The smallest absolute Gasteiger partial charge is 0.193 e. The number of rotatable bonds is 7. The van der Waals surface area contributed by atoms with E-state index in [1.165, 1.54) is 58.2 Å². The summed E-state index contributed by atoms with van der Waals surface area (Å²) in [5.41, 5.74) is 0. The lowest BCUT2D eigenvalue weighted by Crippen LogP contribution is -2.44. The normalized spacial score (nSPS) is 21.0. The number of halogens is 1. The van der Waals surface area contributed by atoms with Gasteiger partial charge in [0.15, 0.2) is 5.96 Å². The molecule has 0 aliphatic carbocycles. The van der Waals surface area contributed by atoms with Crippen LogP contribution in [0.15, 0.2) is 4.99 Å². The minimum atomic E-state index is 0. The van der Waals surface area contributed by atoms with Gasteiger partial charge in [-0.15, -0.1) is 24.0 Å². The molecule has 0 aromatic carbocycles. The van der Waals surface area contributed by atoms with E-state index in [2.05, 4.69) is 34.1 Å². The molecule has 0 aromatic heterocycles. The molecular formula is C19H39IN4O. The highest BCUT2D eigenvalue weighted by Crippen LogP contribution is 2.19. The van der Waals surface area contributed by atoms with Gasteiger partial charge in [-0.1, -0.05) is 6.92 Å². The van der Waals surface area contributed by atoms with E-state index in [-0.39, 0.29) is 24.0 Å². The first-order valence-electron chi connectivity index (χ1n) is 9.94. The molecule has 0 saturated carbocycles. The number of nitrogens with one attached hydrogen (secondary N) is 1. The molecule has 2 rings (SSSR count). The van der Waals surface area contributed by atoms with E-state index in [1.807, 2.05) is 7.05 Å². The zero-order chi connectivity index (χ0) is 17.2. The van der Waals surface area contributed by atoms with E-state index >= 15 is 0 Å². The molecule has 1 N–H and O–H groups in total. The van der Waals surface area contributed by atoms with Gasteiger partial charge in [0, 0.05) is 40.4 Å². The van der Waals surface area contributed by atoms with E-state index in [4.69, 9.17) is 4.74 Å². The lowest BCUT2D eigenvalue weighted by atomic mass is 9.96. The lowest BCUT2D eigenvalue weighted by Gasteiger charge is -2.33. The Hall–Kier alpha value is -0.0800. The third-order valence-corrected chi connectivity index (χ3v) is 5.58. The third-order valence-electron chi connectivity index (χ3n) is 5.58. The van der Waals surface area contributed by atoms with Crippen molar-refractivity contribution in [3.8, 4) is 0 Å². The number of hydrogen-bond donors (Lipinski definition) is 1. The average Bonchev–Trinajstić information content (AvgIpc) is 2.63. The molecule has 2 fully saturated rings. The highest BCUT2D eigenvalue weighted by atomic mass is 127. The highest BCUT2D eigenvalue weighted by molar-refractivity contribution is 14.0. The van der Waals surface area contributed by atoms with Gasteiger partial charge < -0.3 is 19.9 Å². The Balaban J connectivity index is 0.00000312. The summed E-state index contributed by atoms with van der Waals surface area (Å²) in [6, 6.07) is 0. The van der Waals surface area contributed by atoms with Crippen molar-refractivity contribution < 1.29 is 4.74 Å². The van der Waals surface area contributed by atoms with Crippen LogP contribution in [0.4, 0.5) is 0 Å². The molecular weight excluding hydrogens is 427 g/mol. The minimum Gasteiger partial charge on any atom is -0.381 e. The maximum Gasteiger partial charge on any atom is 0.193 e. The third kappa shape index (κ3) is 8.43. The van der Waals surface area contributed by atoms with Gasteiger partial charge in [-0.3, -0.25) is 4.99 Å². The van der Waals surface area contributed by atoms with Crippen molar-refractivity contribution in [2.24, 2.45) is 16.8 Å². The van der Waals surface area contributed by atoms with Gasteiger partial charge in [0.25, 0.3) is 0 Å². The number of ether oxygens (including phenoxy) is 1. The largest absolute Gasteiger partial charge is 0.381 e. The quantitative estimate of drug-likeness (QED) is 0.356.